The molecule has 0 bridgehead atoms. The first kappa shape index (κ1) is 38.7. The van der Waals surface area contributed by atoms with Crippen LogP contribution in [0.5, 0.6) is 0 Å². The number of anilines is 2. The second kappa shape index (κ2) is 16.1. The van der Waals surface area contributed by atoms with E-state index in [2.05, 4.69) is 39.7 Å². The topological polar surface area (TPSA) is 149 Å². The van der Waals surface area contributed by atoms with Gasteiger partial charge in [-0.15, -0.1) is 0 Å². The van der Waals surface area contributed by atoms with Gasteiger partial charge in [0.25, 0.3) is 0 Å². The van der Waals surface area contributed by atoms with Crippen LogP contribution in [0.1, 0.15) is 130 Å². The molecule has 10 nitrogen and oxygen atoms in total. The fraction of sp³-hybridized carbons (Fsp3) is 0.667. The van der Waals surface area contributed by atoms with Gasteiger partial charge in [0.2, 0.25) is 0 Å². The minimum Gasteiger partial charge on any atom is -0.464 e. The van der Waals surface area contributed by atoms with Crippen LogP contribution in [0.3, 0.4) is 0 Å². The molecule has 11 heteroatoms. The molecule has 2 aromatic heterocycles. The van der Waals surface area contributed by atoms with Gasteiger partial charge in [0, 0.05) is 23.2 Å². The number of carbonyl (C=O) groups is 2. The molecule has 262 valence electrons. The van der Waals surface area contributed by atoms with Crippen LogP contribution in [0.2, 0.25) is 0 Å². The molecule has 4 atom stereocenters. The summed E-state index contributed by atoms with van der Waals surface area (Å²) in [5.41, 5.74) is 11.9. The minimum atomic E-state index is -0.963. The third kappa shape index (κ3) is 10.9. The fourth-order valence-electron chi connectivity index (χ4n) is 6.59. The van der Waals surface area contributed by atoms with Gasteiger partial charge in [0.05, 0.1) is 42.0 Å². The molecule has 2 aromatic rings. The number of ether oxygens (including phenoxy) is 4. The van der Waals surface area contributed by atoms with Crippen LogP contribution < -0.4 is 11.5 Å². The lowest BCUT2D eigenvalue weighted by Gasteiger charge is -2.45. The summed E-state index contributed by atoms with van der Waals surface area (Å²) < 4.78 is 23.7. The van der Waals surface area contributed by atoms with Crippen molar-refractivity contribution in [3.63, 3.8) is 0 Å². The monoisotopic (exact) mass is 718 g/mol. The van der Waals surface area contributed by atoms with E-state index >= 15 is 0 Å². The van der Waals surface area contributed by atoms with Crippen molar-refractivity contribution in [2.24, 2.45) is 0 Å². The number of esters is 2. The van der Waals surface area contributed by atoms with Gasteiger partial charge >= 0.3 is 11.9 Å². The molecular formula is C36H55BrN4O6. The quantitative estimate of drug-likeness (QED) is 0.143. The van der Waals surface area contributed by atoms with Gasteiger partial charge in [-0.05, 0) is 120 Å². The Hall–Kier alpha value is -2.76. The molecule has 4 rings (SSSR count). The van der Waals surface area contributed by atoms with Crippen molar-refractivity contribution in [2.45, 2.75) is 141 Å². The minimum absolute atomic E-state index is 0.106. The summed E-state index contributed by atoms with van der Waals surface area (Å²) in [5, 5.41) is 0. The third-order valence-corrected chi connectivity index (χ3v) is 9.26. The molecule has 0 aliphatic carbocycles. The van der Waals surface area contributed by atoms with Crippen LogP contribution in [0.25, 0.3) is 0 Å². The van der Waals surface area contributed by atoms with E-state index in [1.54, 1.807) is 6.20 Å². The molecule has 47 heavy (non-hydrogen) atoms. The number of pyridine rings is 2. The average molecular weight is 720 g/mol. The molecule has 4 unspecified atom stereocenters. The lowest BCUT2D eigenvalue weighted by atomic mass is 9.78. The number of halogens is 1. The van der Waals surface area contributed by atoms with Crippen LogP contribution in [-0.2, 0) is 28.5 Å². The van der Waals surface area contributed by atoms with Crippen LogP contribution in [0.4, 0.5) is 11.4 Å². The Morgan fingerprint density at radius 1 is 0.787 bits per heavy atom. The predicted molar refractivity (Wildman–Crippen MR) is 188 cm³/mol. The first-order chi connectivity index (χ1) is 21.9. The van der Waals surface area contributed by atoms with Gasteiger partial charge in [-0.25, -0.2) is 14.6 Å². The highest BCUT2D eigenvalue weighted by molar-refractivity contribution is 9.10. The zero-order valence-electron chi connectivity index (χ0n) is 29.5. The predicted octanol–water partition coefficient (Wildman–Crippen LogP) is 7.64. The van der Waals surface area contributed by atoms with Crippen molar-refractivity contribution in [1.29, 1.82) is 0 Å². The van der Waals surface area contributed by atoms with Crippen LogP contribution in [0.15, 0.2) is 35.1 Å². The van der Waals surface area contributed by atoms with Gasteiger partial charge < -0.3 is 30.4 Å². The molecular weight excluding hydrogens is 664 g/mol. The zero-order valence-corrected chi connectivity index (χ0v) is 31.1. The van der Waals surface area contributed by atoms with Crippen molar-refractivity contribution < 1.29 is 28.5 Å². The van der Waals surface area contributed by atoms with E-state index < -0.39 is 22.4 Å². The Bertz CT molecular complexity index is 1350. The maximum absolute atomic E-state index is 12.6. The highest BCUT2D eigenvalue weighted by Crippen LogP contribution is 2.45. The summed E-state index contributed by atoms with van der Waals surface area (Å²) in [6, 6.07) is 7.55. The maximum Gasteiger partial charge on any atom is 0.338 e. The van der Waals surface area contributed by atoms with E-state index in [-0.39, 0.29) is 23.8 Å². The number of nitrogens with two attached hydrogens (primary N) is 2. The standard InChI is InChI=1S/C18H27BrN2O3.C18H28N2O3/c1-5-6-9-23-16(22)18(4)11-12(10-17(2,3)24-18)14-8-7-13(20)15(19)21-14;1-5-6-9-22-16(21)18(4)11-13(10-17(2,3)23-18)15-8-7-14(19)12-20-15/h7-8,12H,5-6,9-11,20H2,1-4H3;7-8,12-13H,5-6,9-11,19H2,1-4H3. The van der Waals surface area contributed by atoms with Crippen molar-refractivity contribution in [3.8, 4) is 0 Å². The summed E-state index contributed by atoms with van der Waals surface area (Å²) in [6.45, 7) is 16.7. The Labute approximate surface area is 289 Å². The molecule has 0 aromatic carbocycles. The summed E-state index contributed by atoms with van der Waals surface area (Å²) in [5.74, 6) is -0.320. The van der Waals surface area contributed by atoms with Gasteiger partial charge in [0.15, 0.2) is 11.2 Å². The highest BCUT2D eigenvalue weighted by atomic mass is 79.9. The third-order valence-electron chi connectivity index (χ3n) is 8.62. The first-order valence-corrected chi connectivity index (χ1v) is 17.6. The second-order valence-electron chi connectivity index (χ2n) is 14.5. The van der Waals surface area contributed by atoms with E-state index in [1.807, 2.05) is 65.8 Å². The summed E-state index contributed by atoms with van der Waals surface area (Å²) in [7, 11) is 0. The summed E-state index contributed by atoms with van der Waals surface area (Å²) in [4.78, 5) is 34.1. The lowest BCUT2D eigenvalue weighted by molar-refractivity contribution is -0.205. The van der Waals surface area contributed by atoms with Crippen molar-refractivity contribution in [2.75, 3.05) is 24.7 Å². The molecule has 2 saturated heterocycles. The van der Waals surface area contributed by atoms with E-state index in [4.69, 9.17) is 30.4 Å². The van der Waals surface area contributed by atoms with Gasteiger partial charge in [-0.3, -0.25) is 4.98 Å². The molecule has 0 radical (unpaired) electrons. The van der Waals surface area contributed by atoms with E-state index in [0.29, 0.717) is 42.0 Å². The van der Waals surface area contributed by atoms with Gasteiger partial charge in [-0.2, -0.15) is 0 Å². The zero-order chi connectivity index (χ0) is 35.0. The Morgan fingerprint density at radius 3 is 1.68 bits per heavy atom. The summed E-state index contributed by atoms with van der Waals surface area (Å²) >= 11 is 3.38. The number of hydrogen-bond acceptors (Lipinski definition) is 10. The van der Waals surface area contributed by atoms with Crippen molar-refractivity contribution in [3.05, 3.63) is 46.5 Å². The van der Waals surface area contributed by atoms with Crippen LogP contribution >= 0.6 is 15.9 Å². The number of carbonyl (C=O) groups excluding carboxylic acids is 2. The summed E-state index contributed by atoms with van der Waals surface area (Å²) in [6.07, 6.45) is 8.08. The molecule has 4 N–H and O–H groups in total. The van der Waals surface area contributed by atoms with Crippen molar-refractivity contribution in [1.82, 2.24) is 9.97 Å². The fourth-order valence-corrected chi connectivity index (χ4v) is 6.93. The molecule has 4 heterocycles. The average Bonchev–Trinajstić information content (AvgIpc) is 2.97. The lowest BCUT2D eigenvalue weighted by Crippen LogP contribution is -2.52. The largest absolute Gasteiger partial charge is 0.464 e. The van der Waals surface area contributed by atoms with E-state index in [0.717, 1.165) is 49.9 Å². The Balaban J connectivity index is 0.000000256. The van der Waals surface area contributed by atoms with Gasteiger partial charge in [0.1, 0.15) is 4.60 Å². The van der Waals surface area contributed by atoms with Crippen LogP contribution in [-0.4, -0.2) is 57.5 Å². The Kier molecular flexibility index (Phi) is 13.2. The molecule has 2 aliphatic rings. The number of nitrogen functional groups attached to an aromatic ring is 2. The first-order valence-electron chi connectivity index (χ1n) is 16.8. The maximum atomic E-state index is 12.6. The molecule has 0 saturated carbocycles. The van der Waals surface area contributed by atoms with Crippen LogP contribution in [0, 0.1) is 0 Å². The number of hydrogen-bond donors (Lipinski definition) is 2. The van der Waals surface area contributed by atoms with E-state index in [1.165, 1.54) is 0 Å². The number of rotatable bonds is 10. The Morgan fingerprint density at radius 2 is 1.26 bits per heavy atom. The molecule has 2 aliphatic heterocycles. The number of aromatic nitrogens is 2. The second-order valence-corrected chi connectivity index (χ2v) is 15.3. The van der Waals surface area contributed by atoms with Gasteiger partial charge in [-0.1, -0.05) is 26.7 Å². The molecule has 0 amide bonds. The number of unbranched alkanes of at least 4 members (excludes halogenated alkanes) is 2. The smallest absolute Gasteiger partial charge is 0.338 e. The van der Waals surface area contributed by atoms with Crippen molar-refractivity contribution >= 4 is 39.2 Å². The SMILES string of the molecule is CCCCOC(=O)C1(C)CC(c2ccc(N)c(Br)n2)CC(C)(C)O1.CCCCOC(=O)C1(C)CC(c2ccc(N)cn2)CC(C)(C)O1. The normalized spacial score (nSPS) is 26.4. The van der Waals surface area contributed by atoms with E-state index in [9.17, 15) is 9.59 Å². The number of nitrogens with zero attached hydrogens (tertiary/aromatic N) is 2. The molecule has 2 fully saturated rings. The highest BCUT2D eigenvalue weighted by Gasteiger charge is 2.50. The molecule has 0 spiro atoms.